The average Bonchev–Trinajstić information content (AvgIpc) is 2.98. The van der Waals surface area contributed by atoms with E-state index in [-0.39, 0.29) is 0 Å². The Hall–Kier alpha value is 0. The van der Waals surface area contributed by atoms with Crippen LogP contribution in [-0.2, 0) is 0 Å². The summed E-state index contributed by atoms with van der Waals surface area (Å²) in [4.78, 5) is 0. The van der Waals surface area contributed by atoms with Crippen molar-refractivity contribution in [1.82, 2.24) is 0 Å². The lowest BCUT2D eigenvalue weighted by Gasteiger charge is -2.59. The fourth-order valence-corrected chi connectivity index (χ4v) is 8.25. The highest BCUT2D eigenvalue weighted by Crippen LogP contribution is 2.67. The van der Waals surface area contributed by atoms with Gasteiger partial charge in [0.2, 0.25) is 0 Å². The van der Waals surface area contributed by atoms with Crippen molar-refractivity contribution in [1.29, 1.82) is 0 Å². The van der Waals surface area contributed by atoms with Crippen LogP contribution >= 0.6 is 0 Å². The van der Waals surface area contributed by atoms with Gasteiger partial charge in [-0.2, -0.15) is 0 Å². The molecule has 0 aromatic rings. The molecule has 0 spiro atoms. The minimum Gasteiger partial charge on any atom is -0.0683 e. The SMILES string of the molecule is CC.CCCC(C)C1CCC2C3CCC(C)C(C)(CCC)C3CCC12C. The summed E-state index contributed by atoms with van der Waals surface area (Å²) >= 11 is 0. The lowest BCUT2D eigenvalue weighted by Crippen LogP contribution is -2.51. The number of fused-ring (bicyclic) bond motifs is 3. The maximum Gasteiger partial charge on any atom is -0.0264 e. The second-order valence-electron chi connectivity index (χ2n) is 10.6. The molecule has 3 rings (SSSR count). The Labute approximate surface area is 166 Å². The minimum absolute atomic E-state index is 0.631. The number of hydrogen-bond acceptors (Lipinski definition) is 0. The molecule has 0 heteroatoms. The molecule has 8 unspecified atom stereocenters. The molecule has 0 aliphatic heterocycles. The van der Waals surface area contributed by atoms with Gasteiger partial charge in [0.1, 0.15) is 0 Å². The Kier molecular flexibility index (Phi) is 7.72. The van der Waals surface area contributed by atoms with E-state index in [9.17, 15) is 0 Å². The molecule has 3 saturated carbocycles. The highest BCUT2D eigenvalue weighted by molar-refractivity contribution is 5.08. The summed E-state index contributed by atoms with van der Waals surface area (Å²) in [5.74, 6) is 6.03. The van der Waals surface area contributed by atoms with Crippen LogP contribution in [-0.4, -0.2) is 0 Å². The second kappa shape index (κ2) is 9.00. The molecule has 0 amide bonds. The first-order chi connectivity index (χ1) is 12.4. The molecular formula is C26H50. The molecule has 0 aromatic heterocycles. The minimum atomic E-state index is 0.631. The molecule has 0 N–H and O–H groups in total. The van der Waals surface area contributed by atoms with Crippen LogP contribution in [0.25, 0.3) is 0 Å². The van der Waals surface area contributed by atoms with E-state index in [0.29, 0.717) is 10.8 Å². The molecule has 3 aliphatic rings. The molecule has 0 aromatic carbocycles. The normalized spacial score (nSPS) is 45.9. The molecule has 0 nitrogen and oxygen atoms in total. The molecule has 3 fully saturated rings. The van der Waals surface area contributed by atoms with Crippen LogP contribution in [0.5, 0.6) is 0 Å². The van der Waals surface area contributed by atoms with Crippen molar-refractivity contribution in [2.24, 2.45) is 46.3 Å². The third-order valence-corrected chi connectivity index (χ3v) is 9.64. The van der Waals surface area contributed by atoms with Gasteiger partial charge in [-0.1, -0.05) is 74.7 Å². The Morgan fingerprint density at radius 3 is 2.19 bits per heavy atom. The van der Waals surface area contributed by atoms with Gasteiger partial charge >= 0.3 is 0 Å². The van der Waals surface area contributed by atoms with Crippen molar-refractivity contribution >= 4 is 0 Å². The Bertz CT molecular complexity index is 426. The lowest BCUT2D eigenvalue weighted by atomic mass is 9.46. The van der Waals surface area contributed by atoms with E-state index >= 15 is 0 Å². The molecule has 0 saturated heterocycles. The first kappa shape index (κ1) is 22.3. The van der Waals surface area contributed by atoms with E-state index in [0.717, 1.165) is 35.5 Å². The second-order valence-corrected chi connectivity index (χ2v) is 10.6. The van der Waals surface area contributed by atoms with Crippen LogP contribution < -0.4 is 0 Å². The van der Waals surface area contributed by atoms with Crippen LogP contribution in [0.3, 0.4) is 0 Å². The van der Waals surface area contributed by atoms with E-state index in [1.165, 1.54) is 51.4 Å². The molecule has 0 heterocycles. The van der Waals surface area contributed by atoms with Gasteiger partial charge < -0.3 is 0 Å². The summed E-state index contributed by atoms with van der Waals surface area (Å²) in [6.07, 6.45) is 14.9. The molecule has 26 heavy (non-hydrogen) atoms. The Morgan fingerprint density at radius 2 is 1.58 bits per heavy atom. The van der Waals surface area contributed by atoms with Gasteiger partial charge in [-0.25, -0.2) is 0 Å². The zero-order chi connectivity index (χ0) is 19.5. The van der Waals surface area contributed by atoms with Gasteiger partial charge in [-0.05, 0) is 91.3 Å². The van der Waals surface area contributed by atoms with Gasteiger partial charge in [0, 0.05) is 0 Å². The van der Waals surface area contributed by atoms with Gasteiger partial charge in [-0.3, -0.25) is 0 Å². The smallest absolute Gasteiger partial charge is 0.0264 e. The third kappa shape index (κ3) is 3.65. The van der Waals surface area contributed by atoms with Gasteiger partial charge in [0.15, 0.2) is 0 Å². The third-order valence-electron chi connectivity index (χ3n) is 9.64. The van der Waals surface area contributed by atoms with Crippen LogP contribution in [0.15, 0.2) is 0 Å². The Morgan fingerprint density at radius 1 is 0.885 bits per heavy atom. The summed E-state index contributed by atoms with van der Waals surface area (Å²) in [6.45, 7) is 19.3. The predicted molar refractivity (Wildman–Crippen MR) is 117 cm³/mol. The Balaban J connectivity index is 0.00000117. The van der Waals surface area contributed by atoms with Crippen molar-refractivity contribution < 1.29 is 0 Å². The topological polar surface area (TPSA) is 0 Å². The van der Waals surface area contributed by atoms with Crippen molar-refractivity contribution in [3.8, 4) is 0 Å². The zero-order valence-electron chi connectivity index (χ0n) is 19.5. The van der Waals surface area contributed by atoms with Crippen LogP contribution in [0.2, 0.25) is 0 Å². The molecule has 0 radical (unpaired) electrons. The maximum absolute atomic E-state index is 2.72. The summed E-state index contributed by atoms with van der Waals surface area (Å²) < 4.78 is 0. The summed E-state index contributed by atoms with van der Waals surface area (Å²) in [5, 5.41) is 0. The van der Waals surface area contributed by atoms with Crippen LogP contribution in [0.4, 0.5) is 0 Å². The molecule has 154 valence electrons. The van der Waals surface area contributed by atoms with E-state index < -0.39 is 0 Å². The van der Waals surface area contributed by atoms with Crippen molar-refractivity contribution in [3.63, 3.8) is 0 Å². The lowest BCUT2D eigenvalue weighted by molar-refractivity contribution is -0.0999. The van der Waals surface area contributed by atoms with E-state index in [1.54, 1.807) is 12.8 Å². The van der Waals surface area contributed by atoms with Crippen LogP contribution in [0, 0.1) is 46.3 Å². The van der Waals surface area contributed by atoms with Gasteiger partial charge in [0.25, 0.3) is 0 Å². The fourth-order valence-electron chi connectivity index (χ4n) is 8.25. The number of rotatable bonds is 5. The predicted octanol–water partition coefficient (Wildman–Crippen LogP) is 8.74. The standard InChI is InChI=1S/C24H44.C2H6/c1-7-9-17(3)20-12-13-21-19-11-10-18(4)23(5,15-8-2)22(19)14-16-24(20,21)6;1-2/h17-22H,7-16H2,1-6H3;1-2H3. The quantitative estimate of drug-likeness (QED) is 0.458. The van der Waals surface area contributed by atoms with Gasteiger partial charge in [-0.15, -0.1) is 0 Å². The highest BCUT2D eigenvalue weighted by Gasteiger charge is 2.59. The van der Waals surface area contributed by atoms with Crippen molar-refractivity contribution in [2.75, 3.05) is 0 Å². The van der Waals surface area contributed by atoms with Crippen molar-refractivity contribution in [2.45, 2.75) is 120 Å². The number of hydrogen-bond donors (Lipinski definition) is 0. The van der Waals surface area contributed by atoms with Gasteiger partial charge in [0.05, 0.1) is 0 Å². The van der Waals surface area contributed by atoms with E-state index in [1.807, 2.05) is 13.8 Å². The summed E-state index contributed by atoms with van der Waals surface area (Å²) in [7, 11) is 0. The molecular weight excluding hydrogens is 312 g/mol. The monoisotopic (exact) mass is 362 g/mol. The first-order valence-corrected chi connectivity index (χ1v) is 12.4. The molecule has 0 bridgehead atoms. The molecule has 8 atom stereocenters. The van der Waals surface area contributed by atoms with Crippen molar-refractivity contribution in [3.05, 3.63) is 0 Å². The van der Waals surface area contributed by atoms with E-state index in [4.69, 9.17) is 0 Å². The fraction of sp³-hybridized carbons (Fsp3) is 1.00. The van der Waals surface area contributed by atoms with E-state index in [2.05, 4.69) is 41.5 Å². The summed E-state index contributed by atoms with van der Waals surface area (Å²) in [6, 6.07) is 0. The highest BCUT2D eigenvalue weighted by atomic mass is 14.6. The van der Waals surface area contributed by atoms with Crippen LogP contribution in [0.1, 0.15) is 120 Å². The largest absolute Gasteiger partial charge is 0.0683 e. The summed E-state index contributed by atoms with van der Waals surface area (Å²) in [5.41, 5.74) is 1.30. The zero-order valence-corrected chi connectivity index (χ0v) is 19.5. The molecule has 3 aliphatic carbocycles. The first-order valence-electron chi connectivity index (χ1n) is 12.4. The maximum atomic E-state index is 2.72. The average molecular weight is 363 g/mol.